The normalized spacial score (nSPS) is 10.9. The molecule has 0 atom stereocenters. The monoisotopic (exact) mass is 243 g/mol. The average molecular weight is 244 g/mol. The van der Waals surface area contributed by atoms with E-state index >= 15 is 0 Å². The van der Waals surface area contributed by atoms with Crippen LogP contribution in [0.5, 0.6) is 0 Å². The highest BCUT2D eigenvalue weighted by atomic mass is 35.5. The van der Waals surface area contributed by atoms with Gasteiger partial charge in [-0.1, -0.05) is 17.7 Å². The topological polar surface area (TPSA) is 30.2 Å². The molecule has 0 spiro atoms. The lowest BCUT2D eigenvalue weighted by Gasteiger charge is -1.94. The Morgan fingerprint density at radius 3 is 2.59 bits per heavy atom. The fourth-order valence-corrected chi connectivity index (χ4v) is 1.83. The van der Waals surface area contributed by atoms with E-state index in [2.05, 4.69) is 10.1 Å². The van der Waals surface area contributed by atoms with Gasteiger partial charge in [-0.2, -0.15) is 0 Å². The number of aryl methyl sites for hydroxylation is 1. The first-order valence-electron chi connectivity index (χ1n) is 5.31. The van der Waals surface area contributed by atoms with E-state index in [-0.39, 0.29) is 0 Å². The molecule has 0 bridgehead atoms. The summed E-state index contributed by atoms with van der Waals surface area (Å²) in [6, 6.07) is 11.5. The minimum Gasteiger partial charge on any atom is -0.220 e. The Morgan fingerprint density at radius 2 is 1.82 bits per heavy atom. The van der Waals surface area contributed by atoms with E-state index in [0.29, 0.717) is 10.8 Å². The Morgan fingerprint density at radius 1 is 1.06 bits per heavy atom. The largest absolute Gasteiger partial charge is 0.220 e. The first-order chi connectivity index (χ1) is 8.22. The first kappa shape index (κ1) is 10.3. The molecule has 0 fully saturated rings. The van der Waals surface area contributed by atoms with Crippen molar-refractivity contribution in [1.29, 1.82) is 0 Å². The third-order valence-corrected chi connectivity index (χ3v) is 2.83. The Labute approximate surface area is 104 Å². The second-order valence-corrected chi connectivity index (χ2v) is 4.39. The molecule has 0 N–H and O–H groups in total. The minimum absolute atomic E-state index is 0.715. The van der Waals surface area contributed by atoms with Crippen molar-refractivity contribution in [3.63, 3.8) is 0 Å². The molecular weight excluding hydrogens is 234 g/mol. The van der Waals surface area contributed by atoms with Crippen molar-refractivity contribution in [2.75, 3.05) is 0 Å². The van der Waals surface area contributed by atoms with Gasteiger partial charge in [0.1, 0.15) is 0 Å². The SMILES string of the molecule is Cc1ccc2nc(-c3ccc(Cl)cc3)nn2c1. The van der Waals surface area contributed by atoms with E-state index in [1.165, 1.54) is 0 Å². The molecule has 0 aliphatic rings. The number of halogens is 1. The predicted molar refractivity (Wildman–Crippen MR) is 68.2 cm³/mol. The quantitative estimate of drug-likeness (QED) is 0.656. The summed E-state index contributed by atoms with van der Waals surface area (Å²) in [5.41, 5.74) is 2.97. The summed E-state index contributed by atoms with van der Waals surface area (Å²) in [5.74, 6) is 0.715. The molecule has 0 aliphatic carbocycles. The van der Waals surface area contributed by atoms with Crippen molar-refractivity contribution in [3.8, 4) is 11.4 Å². The van der Waals surface area contributed by atoms with Crippen molar-refractivity contribution in [3.05, 3.63) is 53.2 Å². The Hall–Kier alpha value is -1.87. The lowest BCUT2D eigenvalue weighted by atomic mass is 10.2. The van der Waals surface area contributed by atoms with E-state index in [1.54, 1.807) is 4.52 Å². The number of benzene rings is 1. The molecule has 1 aromatic carbocycles. The zero-order chi connectivity index (χ0) is 11.8. The van der Waals surface area contributed by atoms with Gasteiger partial charge in [-0.15, -0.1) is 5.10 Å². The fraction of sp³-hybridized carbons (Fsp3) is 0.0769. The molecule has 0 amide bonds. The van der Waals surface area contributed by atoms with Crippen molar-refractivity contribution in [2.24, 2.45) is 0 Å². The van der Waals surface area contributed by atoms with Gasteiger partial charge in [-0.25, -0.2) is 9.50 Å². The molecule has 0 unspecified atom stereocenters. The molecule has 0 radical (unpaired) electrons. The third-order valence-electron chi connectivity index (χ3n) is 2.58. The van der Waals surface area contributed by atoms with Crippen LogP contribution in [-0.4, -0.2) is 14.6 Å². The average Bonchev–Trinajstić information content (AvgIpc) is 2.72. The lowest BCUT2D eigenvalue weighted by Crippen LogP contribution is -1.87. The second-order valence-electron chi connectivity index (χ2n) is 3.95. The van der Waals surface area contributed by atoms with Crippen LogP contribution in [0.15, 0.2) is 42.6 Å². The van der Waals surface area contributed by atoms with Gasteiger partial charge < -0.3 is 0 Å². The molecule has 17 heavy (non-hydrogen) atoms. The number of fused-ring (bicyclic) bond motifs is 1. The summed E-state index contributed by atoms with van der Waals surface area (Å²) in [6.45, 7) is 2.03. The number of rotatable bonds is 1. The maximum Gasteiger partial charge on any atom is 0.182 e. The van der Waals surface area contributed by atoms with Crippen LogP contribution in [0.1, 0.15) is 5.56 Å². The number of hydrogen-bond donors (Lipinski definition) is 0. The van der Waals surface area contributed by atoms with Crippen molar-refractivity contribution in [1.82, 2.24) is 14.6 Å². The molecule has 3 aromatic rings. The van der Waals surface area contributed by atoms with Gasteiger partial charge in [0.25, 0.3) is 0 Å². The third kappa shape index (κ3) is 1.89. The Kier molecular flexibility index (Phi) is 2.34. The molecule has 84 valence electrons. The molecule has 4 heteroatoms. The summed E-state index contributed by atoms with van der Waals surface area (Å²) < 4.78 is 1.79. The van der Waals surface area contributed by atoms with E-state index < -0.39 is 0 Å². The lowest BCUT2D eigenvalue weighted by molar-refractivity contribution is 0.956. The Balaban J connectivity index is 2.14. The van der Waals surface area contributed by atoms with Crippen LogP contribution in [0.2, 0.25) is 5.02 Å². The van der Waals surface area contributed by atoms with Crippen LogP contribution in [0.25, 0.3) is 17.0 Å². The highest BCUT2D eigenvalue weighted by Gasteiger charge is 2.05. The molecule has 3 rings (SSSR count). The van der Waals surface area contributed by atoms with Crippen molar-refractivity contribution in [2.45, 2.75) is 6.92 Å². The number of hydrogen-bond acceptors (Lipinski definition) is 2. The van der Waals surface area contributed by atoms with Crippen molar-refractivity contribution < 1.29 is 0 Å². The first-order valence-corrected chi connectivity index (χ1v) is 5.69. The fourth-order valence-electron chi connectivity index (χ4n) is 1.71. The standard InChI is InChI=1S/C13H10ClN3/c1-9-2-7-12-15-13(16-17(12)8-9)10-3-5-11(14)6-4-10/h2-8H,1H3. The van der Waals surface area contributed by atoms with Gasteiger partial charge in [-0.05, 0) is 42.8 Å². The number of nitrogens with zero attached hydrogens (tertiary/aromatic N) is 3. The van der Waals surface area contributed by atoms with Gasteiger partial charge in [0.2, 0.25) is 0 Å². The zero-order valence-corrected chi connectivity index (χ0v) is 10.0. The molecule has 2 aromatic heterocycles. The summed E-state index contributed by atoms with van der Waals surface area (Å²) in [4.78, 5) is 4.46. The van der Waals surface area contributed by atoms with Crippen LogP contribution < -0.4 is 0 Å². The van der Waals surface area contributed by atoms with Gasteiger partial charge in [-0.3, -0.25) is 0 Å². The van der Waals surface area contributed by atoms with Gasteiger partial charge >= 0.3 is 0 Å². The minimum atomic E-state index is 0.715. The highest BCUT2D eigenvalue weighted by Crippen LogP contribution is 2.19. The maximum atomic E-state index is 5.85. The smallest absolute Gasteiger partial charge is 0.182 e. The summed E-state index contributed by atoms with van der Waals surface area (Å²) in [6.07, 6.45) is 1.96. The van der Waals surface area contributed by atoms with E-state index in [9.17, 15) is 0 Å². The van der Waals surface area contributed by atoms with Gasteiger partial charge in [0.15, 0.2) is 11.5 Å². The summed E-state index contributed by atoms with van der Waals surface area (Å²) in [7, 11) is 0. The maximum absolute atomic E-state index is 5.85. The van der Waals surface area contributed by atoms with Crippen LogP contribution in [-0.2, 0) is 0 Å². The van der Waals surface area contributed by atoms with Gasteiger partial charge in [0, 0.05) is 16.8 Å². The zero-order valence-electron chi connectivity index (χ0n) is 9.26. The molecule has 2 heterocycles. The number of aromatic nitrogens is 3. The predicted octanol–water partition coefficient (Wildman–Crippen LogP) is 3.36. The van der Waals surface area contributed by atoms with E-state index in [4.69, 9.17) is 11.6 Å². The molecule has 3 nitrogen and oxygen atoms in total. The van der Waals surface area contributed by atoms with Crippen molar-refractivity contribution >= 4 is 17.2 Å². The van der Waals surface area contributed by atoms with Crippen LogP contribution in [0.3, 0.4) is 0 Å². The highest BCUT2D eigenvalue weighted by molar-refractivity contribution is 6.30. The summed E-state index contributed by atoms with van der Waals surface area (Å²) >= 11 is 5.85. The van der Waals surface area contributed by atoms with Crippen LogP contribution in [0.4, 0.5) is 0 Å². The van der Waals surface area contributed by atoms with Crippen LogP contribution >= 0.6 is 11.6 Å². The van der Waals surface area contributed by atoms with Crippen LogP contribution in [0, 0.1) is 6.92 Å². The molecule has 0 aliphatic heterocycles. The Bertz CT molecular complexity index is 671. The second kappa shape index (κ2) is 3.86. The molecule has 0 saturated carbocycles. The molecular formula is C13H10ClN3. The van der Waals surface area contributed by atoms with Gasteiger partial charge in [0.05, 0.1) is 0 Å². The van der Waals surface area contributed by atoms with E-state index in [0.717, 1.165) is 16.8 Å². The van der Waals surface area contributed by atoms with E-state index in [1.807, 2.05) is 49.5 Å². The number of pyridine rings is 1. The summed E-state index contributed by atoms with van der Waals surface area (Å²) in [5, 5.41) is 5.15. The molecule has 0 saturated heterocycles.